The minimum atomic E-state index is 0.563. The van der Waals surface area contributed by atoms with Gasteiger partial charge in [-0.15, -0.1) is 10.2 Å². The van der Waals surface area contributed by atoms with E-state index < -0.39 is 0 Å². The molecule has 6 heteroatoms. The highest BCUT2D eigenvalue weighted by Gasteiger charge is 2.08. The number of aryl methyl sites for hydroxylation is 2. The number of hydrogen-bond acceptors (Lipinski definition) is 4. The molecule has 0 amide bonds. The van der Waals surface area contributed by atoms with Crippen LogP contribution in [0.15, 0.2) is 58.8 Å². The Balaban J connectivity index is 1.79. The van der Waals surface area contributed by atoms with Crippen molar-refractivity contribution < 1.29 is 0 Å². The highest BCUT2D eigenvalue weighted by atomic mass is 15.3. The van der Waals surface area contributed by atoms with Gasteiger partial charge in [0.15, 0.2) is 0 Å². The number of azo groups is 1. The molecule has 22 heavy (non-hydrogen) atoms. The van der Waals surface area contributed by atoms with E-state index in [4.69, 9.17) is 0 Å². The molecule has 0 atom stereocenters. The van der Waals surface area contributed by atoms with Gasteiger partial charge >= 0.3 is 0 Å². The van der Waals surface area contributed by atoms with Crippen LogP contribution in [0.1, 0.15) is 0 Å². The largest absolute Gasteiger partial charge is 0.310 e. The van der Waals surface area contributed by atoms with Gasteiger partial charge in [0, 0.05) is 14.1 Å². The van der Waals surface area contributed by atoms with Crippen LogP contribution in [0.2, 0.25) is 0 Å². The fourth-order valence-corrected chi connectivity index (χ4v) is 2.53. The van der Waals surface area contributed by atoms with Crippen molar-refractivity contribution in [2.24, 2.45) is 24.3 Å². The highest BCUT2D eigenvalue weighted by molar-refractivity contribution is 5.78. The molecule has 2 aromatic carbocycles. The molecule has 2 aromatic heterocycles. The van der Waals surface area contributed by atoms with Crippen LogP contribution in [-0.4, -0.2) is 19.1 Å². The van der Waals surface area contributed by atoms with E-state index in [9.17, 15) is 0 Å². The maximum absolute atomic E-state index is 4.48. The summed E-state index contributed by atoms with van der Waals surface area (Å²) >= 11 is 0. The Morgan fingerprint density at radius 1 is 0.682 bits per heavy atom. The van der Waals surface area contributed by atoms with Crippen molar-refractivity contribution in [3.8, 4) is 0 Å². The summed E-state index contributed by atoms with van der Waals surface area (Å²) in [4.78, 5) is 8.95. The zero-order valence-corrected chi connectivity index (χ0v) is 12.3. The molecule has 0 aliphatic rings. The first-order valence-corrected chi connectivity index (χ1v) is 6.99. The Hall–Kier alpha value is -3.02. The summed E-state index contributed by atoms with van der Waals surface area (Å²) in [7, 11) is 3.86. The fourth-order valence-electron chi connectivity index (χ4n) is 2.53. The lowest BCUT2D eigenvalue weighted by atomic mass is 10.3. The Labute approximate surface area is 126 Å². The number of benzene rings is 2. The molecular weight excluding hydrogens is 276 g/mol. The molecule has 6 nitrogen and oxygen atoms in total. The molecule has 0 bridgehead atoms. The molecule has 108 valence electrons. The number of aromatic nitrogens is 4. The zero-order valence-electron chi connectivity index (χ0n) is 12.3. The van der Waals surface area contributed by atoms with Crippen LogP contribution < -0.4 is 0 Å². The molecule has 0 N–H and O–H groups in total. The van der Waals surface area contributed by atoms with Gasteiger partial charge in [-0.1, -0.05) is 24.3 Å². The number of fused-ring (bicyclic) bond motifs is 2. The quantitative estimate of drug-likeness (QED) is 0.526. The summed E-state index contributed by atoms with van der Waals surface area (Å²) in [5.41, 5.74) is 3.87. The lowest BCUT2D eigenvalue weighted by Crippen LogP contribution is -1.87. The molecule has 0 unspecified atom stereocenters. The summed E-state index contributed by atoms with van der Waals surface area (Å²) < 4.78 is 3.84. The molecule has 0 spiro atoms. The van der Waals surface area contributed by atoms with Gasteiger partial charge in [0.2, 0.25) is 11.9 Å². The highest BCUT2D eigenvalue weighted by Crippen LogP contribution is 2.24. The van der Waals surface area contributed by atoms with Gasteiger partial charge in [-0.2, -0.15) is 0 Å². The molecule has 0 fully saturated rings. The van der Waals surface area contributed by atoms with Crippen molar-refractivity contribution in [3.05, 3.63) is 48.5 Å². The summed E-state index contributed by atoms with van der Waals surface area (Å²) in [6.45, 7) is 0. The third-order valence-corrected chi connectivity index (χ3v) is 3.76. The van der Waals surface area contributed by atoms with Crippen LogP contribution in [-0.2, 0) is 14.1 Å². The normalized spacial score (nSPS) is 11.9. The summed E-state index contributed by atoms with van der Waals surface area (Å²) in [6, 6.07) is 15.8. The second kappa shape index (κ2) is 4.77. The molecule has 0 aliphatic carbocycles. The summed E-state index contributed by atoms with van der Waals surface area (Å²) in [5.74, 6) is 1.13. The third kappa shape index (κ3) is 1.88. The van der Waals surface area contributed by atoms with E-state index >= 15 is 0 Å². The predicted octanol–water partition coefficient (Wildman–Crippen LogP) is 3.88. The van der Waals surface area contributed by atoms with Crippen molar-refractivity contribution in [3.63, 3.8) is 0 Å². The molecule has 0 radical (unpaired) electrons. The Morgan fingerprint density at radius 2 is 1.09 bits per heavy atom. The van der Waals surface area contributed by atoms with Crippen molar-refractivity contribution in [2.75, 3.05) is 0 Å². The van der Waals surface area contributed by atoms with Gasteiger partial charge in [-0.3, -0.25) is 0 Å². The fraction of sp³-hybridized carbons (Fsp3) is 0.125. The smallest absolute Gasteiger partial charge is 0.250 e. The van der Waals surface area contributed by atoms with Crippen LogP contribution in [0.5, 0.6) is 0 Å². The maximum atomic E-state index is 4.48. The maximum Gasteiger partial charge on any atom is 0.250 e. The first-order chi connectivity index (χ1) is 10.7. The Kier molecular flexibility index (Phi) is 2.75. The number of para-hydroxylation sites is 4. The summed E-state index contributed by atoms with van der Waals surface area (Å²) in [6.07, 6.45) is 0. The second-order valence-electron chi connectivity index (χ2n) is 5.12. The molecular formula is C16H14N6. The van der Waals surface area contributed by atoms with E-state index in [-0.39, 0.29) is 0 Å². The van der Waals surface area contributed by atoms with Crippen LogP contribution in [0.3, 0.4) is 0 Å². The van der Waals surface area contributed by atoms with E-state index in [0.29, 0.717) is 11.9 Å². The minimum absolute atomic E-state index is 0.563. The van der Waals surface area contributed by atoms with Crippen molar-refractivity contribution in [1.29, 1.82) is 0 Å². The number of nitrogens with zero attached hydrogens (tertiary/aromatic N) is 6. The van der Waals surface area contributed by atoms with E-state index in [1.807, 2.05) is 71.8 Å². The average Bonchev–Trinajstić information content (AvgIpc) is 3.04. The monoisotopic (exact) mass is 290 g/mol. The topological polar surface area (TPSA) is 60.4 Å². The van der Waals surface area contributed by atoms with Gasteiger partial charge in [-0.25, -0.2) is 9.97 Å². The lowest BCUT2D eigenvalue weighted by Gasteiger charge is -1.96. The van der Waals surface area contributed by atoms with Crippen LogP contribution in [0.4, 0.5) is 11.9 Å². The Bertz CT molecular complexity index is 926. The molecule has 0 aliphatic heterocycles. The van der Waals surface area contributed by atoms with E-state index in [2.05, 4.69) is 20.2 Å². The van der Waals surface area contributed by atoms with Gasteiger partial charge < -0.3 is 9.13 Å². The van der Waals surface area contributed by atoms with E-state index in [1.54, 1.807) is 0 Å². The minimum Gasteiger partial charge on any atom is -0.310 e. The van der Waals surface area contributed by atoms with E-state index in [0.717, 1.165) is 22.1 Å². The zero-order chi connectivity index (χ0) is 15.1. The number of imidazole rings is 2. The first-order valence-electron chi connectivity index (χ1n) is 6.99. The summed E-state index contributed by atoms with van der Waals surface area (Å²) in [5, 5.41) is 8.53. The van der Waals surface area contributed by atoms with Crippen LogP contribution in [0.25, 0.3) is 22.1 Å². The second-order valence-corrected chi connectivity index (χ2v) is 5.12. The molecule has 0 saturated heterocycles. The average molecular weight is 290 g/mol. The van der Waals surface area contributed by atoms with E-state index in [1.165, 1.54) is 0 Å². The molecule has 4 rings (SSSR count). The van der Waals surface area contributed by atoms with Gasteiger partial charge in [0.25, 0.3) is 0 Å². The molecule has 2 heterocycles. The van der Waals surface area contributed by atoms with Crippen LogP contribution >= 0.6 is 0 Å². The predicted molar refractivity (Wildman–Crippen MR) is 85.6 cm³/mol. The van der Waals surface area contributed by atoms with Gasteiger partial charge in [-0.05, 0) is 24.3 Å². The standard InChI is InChI=1S/C16H14N6/c1-21-13-9-5-3-7-11(13)17-15(21)19-20-16-18-12-8-4-6-10-14(12)22(16)2/h3-10H,1-2H3/b20-19+. The Morgan fingerprint density at radius 3 is 1.50 bits per heavy atom. The number of hydrogen-bond donors (Lipinski definition) is 0. The van der Waals surface area contributed by atoms with Crippen molar-refractivity contribution in [2.45, 2.75) is 0 Å². The SMILES string of the molecule is Cn1c(/N=N/c2nc3ccccc3n2C)nc2ccccc21. The number of rotatable bonds is 2. The molecule has 0 saturated carbocycles. The van der Waals surface area contributed by atoms with Gasteiger partial charge in [0.05, 0.1) is 22.1 Å². The first kappa shape index (κ1) is 12.7. The van der Waals surface area contributed by atoms with Crippen molar-refractivity contribution in [1.82, 2.24) is 19.1 Å². The van der Waals surface area contributed by atoms with Crippen molar-refractivity contribution >= 4 is 34.0 Å². The molecule has 4 aromatic rings. The van der Waals surface area contributed by atoms with Gasteiger partial charge in [0.1, 0.15) is 0 Å². The lowest BCUT2D eigenvalue weighted by molar-refractivity contribution is 0.885. The van der Waals surface area contributed by atoms with Crippen LogP contribution in [0, 0.1) is 0 Å². The third-order valence-electron chi connectivity index (χ3n) is 3.76.